The predicted octanol–water partition coefficient (Wildman–Crippen LogP) is 5.33. The zero-order valence-electron chi connectivity index (χ0n) is 22.0. The molecule has 0 radical (unpaired) electrons. The molecule has 3 aliphatic heterocycles. The molecule has 42 heavy (non-hydrogen) atoms. The van der Waals surface area contributed by atoms with Gasteiger partial charge in [0.15, 0.2) is 5.54 Å². The van der Waals surface area contributed by atoms with Gasteiger partial charge in [0, 0.05) is 50.5 Å². The first-order valence-corrected chi connectivity index (χ1v) is 13.7. The number of fused-ring (bicyclic) bond motifs is 4. The Morgan fingerprint density at radius 2 is 1.79 bits per heavy atom. The molecule has 1 unspecified atom stereocenters. The Hall–Kier alpha value is -4.22. The summed E-state index contributed by atoms with van der Waals surface area (Å²) < 4.78 is 59.2. The molecule has 4 aromatic rings. The van der Waals surface area contributed by atoms with Crippen LogP contribution in [0.3, 0.4) is 0 Å². The van der Waals surface area contributed by atoms with Gasteiger partial charge in [-0.05, 0) is 65.9 Å². The normalized spacial score (nSPS) is 18.9. The number of halogens is 4. The van der Waals surface area contributed by atoms with Gasteiger partial charge in [0.1, 0.15) is 18.2 Å². The van der Waals surface area contributed by atoms with Crippen LogP contribution in [-0.2, 0) is 15.0 Å². The molecular weight excluding hydrogens is 662 g/mol. The molecule has 3 aliphatic rings. The van der Waals surface area contributed by atoms with E-state index in [9.17, 15) is 8.78 Å². The maximum atomic E-state index is 15.1. The van der Waals surface area contributed by atoms with Gasteiger partial charge in [-0.2, -0.15) is 8.78 Å². The van der Waals surface area contributed by atoms with Gasteiger partial charge in [-0.1, -0.05) is 11.8 Å². The number of pyridine rings is 3. The molecule has 2 N–H and O–H groups in total. The number of aliphatic imine (C=N–C) groups is 1. The van der Waals surface area contributed by atoms with Gasteiger partial charge in [-0.15, -0.1) is 0 Å². The largest absolute Gasteiger partial charge is 0.462 e. The Balaban J connectivity index is 0.000000343. The molecule has 3 aromatic heterocycles. The highest BCUT2D eigenvalue weighted by Crippen LogP contribution is 2.51. The van der Waals surface area contributed by atoms with Crippen molar-refractivity contribution in [2.45, 2.75) is 12.5 Å². The Bertz CT molecular complexity index is 1770. The lowest BCUT2D eigenvalue weighted by molar-refractivity contribution is -0.0648. The lowest BCUT2D eigenvalue weighted by atomic mass is 9.81. The van der Waals surface area contributed by atoms with Gasteiger partial charge in [0.05, 0.1) is 24.2 Å². The highest BCUT2D eigenvalue weighted by Gasteiger charge is 2.48. The Morgan fingerprint density at radius 3 is 2.43 bits per heavy atom. The predicted molar refractivity (Wildman–Crippen MR) is 155 cm³/mol. The summed E-state index contributed by atoms with van der Waals surface area (Å²) in [6.07, 6.45) is 4.37. The van der Waals surface area contributed by atoms with Crippen LogP contribution < -0.4 is 10.5 Å². The van der Waals surface area contributed by atoms with Crippen LogP contribution >= 0.6 is 22.6 Å². The second-order valence-electron chi connectivity index (χ2n) is 10.1. The van der Waals surface area contributed by atoms with Crippen LogP contribution in [0, 0.1) is 38.5 Å². The zero-order valence-corrected chi connectivity index (χ0v) is 24.2. The number of nitrogens with zero attached hydrogens (tertiary/aromatic N) is 4. The highest BCUT2D eigenvalue weighted by molar-refractivity contribution is 14.1. The number of hydrogen-bond acceptors (Lipinski definition) is 8. The van der Waals surface area contributed by atoms with Crippen molar-refractivity contribution in [2.24, 2.45) is 16.1 Å². The summed E-state index contributed by atoms with van der Waals surface area (Å²) in [4.78, 5) is 16.0. The van der Waals surface area contributed by atoms with Crippen LogP contribution in [0.25, 0.3) is 11.1 Å². The van der Waals surface area contributed by atoms with E-state index >= 15 is 4.39 Å². The molecule has 1 atom stereocenters. The number of ether oxygens (including phenoxy) is 3. The minimum absolute atomic E-state index is 0.0205. The second kappa shape index (κ2) is 10.9. The van der Waals surface area contributed by atoms with Gasteiger partial charge in [-0.25, -0.2) is 24.3 Å². The summed E-state index contributed by atoms with van der Waals surface area (Å²) >= 11 is 2.07. The molecule has 0 saturated carbocycles. The van der Waals surface area contributed by atoms with E-state index in [2.05, 4.69) is 54.4 Å². The standard InChI is InChI=1S/C25H18F2N4O3.C5H3FIN/c1-24(11-32-12-24)5-4-14-7-18-22(30-10-14)34-20-9-19(26)16(15-3-2-6-29-21(15)27)8-17(20)25(18)13-33-23(28)31-25;6-5-2-1-4(7)3-8-5/h2-3,6-10H,11-13H2,1H3,(H2,28,31);1-3H. The van der Waals surface area contributed by atoms with E-state index in [1.807, 2.05) is 13.0 Å². The first kappa shape index (κ1) is 27.9. The molecule has 0 aliphatic carbocycles. The Morgan fingerprint density at radius 1 is 0.952 bits per heavy atom. The van der Waals surface area contributed by atoms with Crippen molar-refractivity contribution in [3.05, 3.63) is 99.0 Å². The van der Waals surface area contributed by atoms with E-state index in [0.29, 0.717) is 29.9 Å². The Labute approximate surface area is 252 Å². The Kier molecular flexibility index (Phi) is 7.24. The third-order valence-corrected chi connectivity index (χ3v) is 7.48. The number of aromatic nitrogens is 3. The van der Waals surface area contributed by atoms with E-state index in [0.717, 1.165) is 3.57 Å². The first-order valence-electron chi connectivity index (χ1n) is 12.7. The average Bonchev–Trinajstić information content (AvgIpc) is 3.35. The molecule has 1 saturated heterocycles. The summed E-state index contributed by atoms with van der Waals surface area (Å²) in [5, 5.41) is 0. The molecule has 1 spiro atoms. The van der Waals surface area contributed by atoms with Crippen molar-refractivity contribution in [1.29, 1.82) is 0 Å². The number of hydrogen-bond donors (Lipinski definition) is 1. The summed E-state index contributed by atoms with van der Waals surface area (Å²) in [6.45, 7) is 3.23. The SMILES string of the molecule is CC1(C#Cc2cnc3c(c2)C2(COC(N)=N2)c2cc(-c4cccnc4F)c(F)cc2O3)COC1.Fc1ccc(I)cn1. The summed E-state index contributed by atoms with van der Waals surface area (Å²) in [5.41, 5.74) is 6.32. The van der Waals surface area contributed by atoms with Crippen LogP contribution in [0.4, 0.5) is 13.2 Å². The summed E-state index contributed by atoms with van der Waals surface area (Å²) in [6, 6.07) is 10.5. The van der Waals surface area contributed by atoms with Crippen LogP contribution in [0.2, 0.25) is 0 Å². The molecule has 1 aromatic carbocycles. The molecule has 0 amide bonds. The minimum Gasteiger partial charge on any atom is -0.462 e. The third-order valence-electron chi connectivity index (χ3n) is 6.84. The van der Waals surface area contributed by atoms with Gasteiger partial charge in [-0.3, -0.25) is 0 Å². The van der Waals surface area contributed by atoms with Crippen LogP contribution in [0.1, 0.15) is 23.6 Å². The number of amidine groups is 1. The zero-order chi connectivity index (χ0) is 29.5. The average molecular weight is 683 g/mol. The van der Waals surface area contributed by atoms with E-state index in [-0.39, 0.29) is 40.8 Å². The third kappa shape index (κ3) is 5.25. The van der Waals surface area contributed by atoms with E-state index in [1.165, 1.54) is 42.7 Å². The van der Waals surface area contributed by atoms with Crippen molar-refractivity contribution in [1.82, 2.24) is 15.0 Å². The van der Waals surface area contributed by atoms with Crippen molar-refractivity contribution in [3.63, 3.8) is 0 Å². The second-order valence-corrected chi connectivity index (χ2v) is 11.3. The van der Waals surface area contributed by atoms with Crippen LogP contribution in [-0.4, -0.2) is 40.8 Å². The van der Waals surface area contributed by atoms with Gasteiger partial charge < -0.3 is 19.9 Å². The number of benzene rings is 1. The fraction of sp³-hybridized carbons (Fsp3) is 0.200. The van der Waals surface area contributed by atoms with Crippen molar-refractivity contribution >= 4 is 28.6 Å². The molecule has 7 rings (SSSR count). The van der Waals surface area contributed by atoms with E-state index in [4.69, 9.17) is 19.9 Å². The summed E-state index contributed by atoms with van der Waals surface area (Å²) in [7, 11) is 0. The van der Waals surface area contributed by atoms with E-state index in [1.54, 1.807) is 12.3 Å². The monoisotopic (exact) mass is 683 g/mol. The molecule has 212 valence electrons. The van der Waals surface area contributed by atoms with Crippen molar-refractivity contribution in [2.75, 3.05) is 19.8 Å². The lowest BCUT2D eigenvalue weighted by Gasteiger charge is -2.33. The van der Waals surface area contributed by atoms with Crippen LogP contribution in [0.15, 0.2) is 66.0 Å². The highest BCUT2D eigenvalue weighted by atomic mass is 127. The molecule has 1 fully saturated rings. The number of nitrogens with two attached hydrogens (primary N) is 1. The molecule has 8 nitrogen and oxygen atoms in total. The number of rotatable bonds is 1. The fourth-order valence-electron chi connectivity index (χ4n) is 4.67. The molecule has 6 heterocycles. The maximum Gasteiger partial charge on any atom is 0.283 e. The molecular formula is C30H21F3IN5O3. The van der Waals surface area contributed by atoms with Gasteiger partial charge in [0.2, 0.25) is 17.8 Å². The first-order chi connectivity index (χ1) is 20.2. The molecule has 0 bridgehead atoms. The smallest absolute Gasteiger partial charge is 0.283 e. The van der Waals surface area contributed by atoms with Gasteiger partial charge >= 0.3 is 0 Å². The minimum atomic E-state index is -1.15. The van der Waals surface area contributed by atoms with Crippen LogP contribution in [0.5, 0.6) is 11.6 Å². The van der Waals surface area contributed by atoms with Crippen molar-refractivity contribution in [3.8, 4) is 34.6 Å². The maximum absolute atomic E-state index is 15.1. The van der Waals surface area contributed by atoms with Gasteiger partial charge in [0.25, 0.3) is 6.02 Å². The van der Waals surface area contributed by atoms with Crippen molar-refractivity contribution < 1.29 is 27.4 Å². The quantitative estimate of drug-likeness (QED) is 0.164. The van der Waals surface area contributed by atoms with E-state index < -0.39 is 23.3 Å². The topological polar surface area (TPSA) is 105 Å². The lowest BCUT2D eigenvalue weighted by Crippen LogP contribution is -2.38. The molecule has 12 heteroatoms. The summed E-state index contributed by atoms with van der Waals surface area (Å²) in [5.74, 6) is 4.94. The fourth-order valence-corrected chi connectivity index (χ4v) is 4.99.